The fourth-order valence-corrected chi connectivity index (χ4v) is 1.98. The zero-order chi connectivity index (χ0) is 12.3. The third-order valence-electron chi connectivity index (χ3n) is 2.95. The number of piperidine rings is 1. The van der Waals surface area contributed by atoms with Crippen LogP contribution < -0.4 is 11.2 Å². The molecule has 0 radical (unpaired) electrons. The second kappa shape index (κ2) is 4.99. The summed E-state index contributed by atoms with van der Waals surface area (Å²) >= 11 is 0. The van der Waals surface area contributed by atoms with Gasteiger partial charge in [0, 0.05) is 25.4 Å². The van der Waals surface area contributed by atoms with Crippen LogP contribution in [0.4, 0.5) is 0 Å². The van der Waals surface area contributed by atoms with E-state index < -0.39 is 11.2 Å². The Morgan fingerprint density at radius 1 is 1.24 bits per heavy atom. The van der Waals surface area contributed by atoms with E-state index in [0.717, 1.165) is 36.9 Å². The van der Waals surface area contributed by atoms with E-state index in [-0.39, 0.29) is 12.5 Å². The lowest BCUT2D eigenvalue weighted by molar-refractivity contribution is -0.132. The molecule has 1 fully saturated rings. The van der Waals surface area contributed by atoms with Crippen LogP contribution in [-0.4, -0.2) is 33.4 Å². The number of carbonyl (C=O) groups is 1. The maximum Gasteiger partial charge on any atom is 0.328 e. The van der Waals surface area contributed by atoms with Crippen LogP contribution in [0.3, 0.4) is 0 Å². The first kappa shape index (κ1) is 11.6. The molecular formula is C11H15N3O3. The number of nitrogens with zero attached hydrogens (tertiary/aromatic N) is 2. The molecule has 17 heavy (non-hydrogen) atoms. The average Bonchev–Trinajstić information content (AvgIpc) is 2.35. The molecule has 0 saturated carbocycles. The first-order chi connectivity index (χ1) is 8.18. The van der Waals surface area contributed by atoms with Gasteiger partial charge >= 0.3 is 5.69 Å². The third kappa shape index (κ3) is 2.64. The van der Waals surface area contributed by atoms with E-state index >= 15 is 0 Å². The van der Waals surface area contributed by atoms with Gasteiger partial charge < -0.3 is 9.88 Å². The second-order valence-corrected chi connectivity index (χ2v) is 4.15. The quantitative estimate of drug-likeness (QED) is 0.757. The van der Waals surface area contributed by atoms with Crippen LogP contribution in [0.2, 0.25) is 0 Å². The minimum Gasteiger partial charge on any atom is -0.341 e. The summed E-state index contributed by atoms with van der Waals surface area (Å²) in [6.07, 6.45) is 4.40. The number of aromatic nitrogens is 2. The number of likely N-dealkylation sites (tertiary alicyclic amines) is 1. The van der Waals surface area contributed by atoms with Crippen molar-refractivity contribution >= 4 is 5.91 Å². The number of hydrogen-bond acceptors (Lipinski definition) is 3. The summed E-state index contributed by atoms with van der Waals surface area (Å²) in [6, 6.07) is 1.24. The Morgan fingerprint density at radius 3 is 2.59 bits per heavy atom. The van der Waals surface area contributed by atoms with Gasteiger partial charge in [0.2, 0.25) is 5.91 Å². The maximum absolute atomic E-state index is 11.9. The topological polar surface area (TPSA) is 75.2 Å². The molecule has 1 N–H and O–H groups in total. The maximum atomic E-state index is 11.9. The first-order valence-corrected chi connectivity index (χ1v) is 5.75. The highest BCUT2D eigenvalue weighted by molar-refractivity contribution is 5.76. The van der Waals surface area contributed by atoms with Crippen molar-refractivity contribution in [1.29, 1.82) is 0 Å². The summed E-state index contributed by atoms with van der Waals surface area (Å²) in [5, 5.41) is 0. The van der Waals surface area contributed by atoms with E-state index in [9.17, 15) is 14.4 Å². The average molecular weight is 237 g/mol. The Bertz CT molecular complexity index is 483. The predicted molar refractivity (Wildman–Crippen MR) is 61.8 cm³/mol. The van der Waals surface area contributed by atoms with Gasteiger partial charge in [-0.25, -0.2) is 4.79 Å². The van der Waals surface area contributed by atoms with Crippen LogP contribution in [-0.2, 0) is 11.3 Å². The Balaban J connectivity index is 2.12. The summed E-state index contributed by atoms with van der Waals surface area (Å²) < 4.78 is 0.928. The van der Waals surface area contributed by atoms with E-state index in [1.165, 1.54) is 12.3 Å². The Morgan fingerprint density at radius 2 is 1.94 bits per heavy atom. The molecule has 6 heteroatoms. The van der Waals surface area contributed by atoms with Crippen LogP contribution in [0.15, 0.2) is 21.9 Å². The molecular weight excluding hydrogens is 222 g/mol. The van der Waals surface area contributed by atoms with E-state index in [1.807, 2.05) is 0 Å². The monoisotopic (exact) mass is 237 g/mol. The molecule has 0 unspecified atom stereocenters. The highest BCUT2D eigenvalue weighted by Crippen LogP contribution is 2.08. The molecule has 6 nitrogen and oxygen atoms in total. The lowest BCUT2D eigenvalue weighted by atomic mass is 10.1. The highest BCUT2D eigenvalue weighted by Gasteiger charge is 2.17. The van der Waals surface area contributed by atoms with Crippen molar-refractivity contribution < 1.29 is 4.79 Å². The van der Waals surface area contributed by atoms with Crippen LogP contribution in [0.1, 0.15) is 19.3 Å². The number of rotatable bonds is 2. The molecule has 1 aromatic rings. The number of H-pyrrole nitrogens is 1. The lowest BCUT2D eigenvalue weighted by Crippen LogP contribution is -2.43. The van der Waals surface area contributed by atoms with Crippen molar-refractivity contribution in [1.82, 2.24) is 14.5 Å². The number of hydrogen-bond donors (Lipinski definition) is 1. The summed E-state index contributed by atoms with van der Waals surface area (Å²) in [7, 11) is 0. The minimum absolute atomic E-state index is 0.163. The molecule has 1 saturated heterocycles. The molecule has 0 aromatic carbocycles. The van der Waals surface area contributed by atoms with Gasteiger partial charge in [0.05, 0.1) is 0 Å². The van der Waals surface area contributed by atoms with Gasteiger partial charge in [-0.15, -0.1) is 0 Å². The molecule has 2 rings (SSSR count). The minimum atomic E-state index is -0.539. The standard InChI is InChI=1S/C11H15N3O3/c15-9-4-5-12-11(17)14(9)8-10(16)13-6-2-1-3-7-13/h4-5H,1-3,6-8H2,(H,12,17). The first-order valence-electron chi connectivity index (χ1n) is 5.75. The second-order valence-electron chi connectivity index (χ2n) is 4.15. The molecule has 0 aliphatic carbocycles. The number of carbonyl (C=O) groups excluding carboxylic acids is 1. The SMILES string of the molecule is O=C(Cn1c(=O)cc[nH]c1=O)N1CCCCC1. The van der Waals surface area contributed by atoms with E-state index in [4.69, 9.17) is 0 Å². The molecule has 2 heterocycles. The summed E-state index contributed by atoms with van der Waals surface area (Å²) in [4.78, 5) is 38.8. The van der Waals surface area contributed by atoms with E-state index in [2.05, 4.69) is 4.98 Å². The van der Waals surface area contributed by atoms with Crippen LogP contribution in [0, 0.1) is 0 Å². The van der Waals surface area contributed by atoms with Gasteiger partial charge in [-0.05, 0) is 19.3 Å². The van der Waals surface area contributed by atoms with Gasteiger partial charge in [-0.1, -0.05) is 0 Å². The van der Waals surface area contributed by atoms with Crippen LogP contribution in [0.25, 0.3) is 0 Å². The third-order valence-corrected chi connectivity index (χ3v) is 2.95. The van der Waals surface area contributed by atoms with Crippen molar-refractivity contribution in [2.45, 2.75) is 25.8 Å². The van der Waals surface area contributed by atoms with Crippen molar-refractivity contribution in [3.05, 3.63) is 33.1 Å². The number of aromatic amines is 1. The molecule has 0 spiro atoms. The number of amides is 1. The molecule has 1 aromatic heterocycles. The summed E-state index contributed by atoms with van der Waals surface area (Å²) in [5.41, 5.74) is -0.984. The summed E-state index contributed by atoms with van der Waals surface area (Å²) in [5.74, 6) is -0.163. The van der Waals surface area contributed by atoms with Gasteiger partial charge in [0.15, 0.2) is 0 Å². The van der Waals surface area contributed by atoms with Gasteiger partial charge in [0.1, 0.15) is 6.54 Å². The normalized spacial score (nSPS) is 15.9. The molecule has 0 bridgehead atoms. The Hall–Kier alpha value is -1.85. The highest BCUT2D eigenvalue weighted by atomic mass is 16.2. The Kier molecular flexibility index (Phi) is 3.41. The van der Waals surface area contributed by atoms with Crippen LogP contribution >= 0.6 is 0 Å². The van der Waals surface area contributed by atoms with Gasteiger partial charge in [0.25, 0.3) is 5.56 Å². The summed E-state index contributed by atoms with van der Waals surface area (Å²) in [6.45, 7) is 1.27. The zero-order valence-electron chi connectivity index (χ0n) is 9.52. The molecule has 92 valence electrons. The van der Waals surface area contributed by atoms with E-state index in [1.54, 1.807) is 4.90 Å². The molecule has 1 aliphatic heterocycles. The lowest BCUT2D eigenvalue weighted by Gasteiger charge is -2.26. The predicted octanol–water partition coefficient (Wildman–Crippen LogP) is -0.451. The molecule has 1 aliphatic rings. The van der Waals surface area contributed by atoms with Gasteiger partial charge in [-0.3, -0.25) is 14.2 Å². The molecule has 0 atom stereocenters. The largest absolute Gasteiger partial charge is 0.341 e. The van der Waals surface area contributed by atoms with Crippen LogP contribution in [0.5, 0.6) is 0 Å². The van der Waals surface area contributed by atoms with Crippen molar-refractivity contribution in [2.24, 2.45) is 0 Å². The number of nitrogens with one attached hydrogen (secondary N) is 1. The Labute approximate surface area is 97.9 Å². The fraction of sp³-hybridized carbons (Fsp3) is 0.545. The van der Waals surface area contributed by atoms with Crippen molar-refractivity contribution in [2.75, 3.05) is 13.1 Å². The van der Waals surface area contributed by atoms with E-state index in [0.29, 0.717) is 0 Å². The van der Waals surface area contributed by atoms with Gasteiger partial charge in [-0.2, -0.15) is 0 Å². The fourth-order valence-electron chi connectivity index (χ4n) is 1.98. The zero-order valence-corrected chi connectivity index (χ0v) is 9.52. The molecule has 1 amide bonds. The van der Waals surface area contributed by atoms with Crippen molar-refractivity contribution in [3.8, 4) is 0 Å². The van der Waals surface area contributed by atoms with Crippen molar-refractivity contribution in [3.63, 3.8) is 0 Å². The smallest absolute Gasteiger partial charge is 0.328 e.